The molecular formula is C10H14Cl3NO2. The first-order valence-corrected chi connectivity index (χ1v) is 6.58. The number of halogens is 3. The number of hydrogen-bond donors (Lipinski definition) is 0. The number of carbonyl (C=O) groups excluding carboxylic acids is 1. The van der Waals surface area contributed by atoms with E-state index in [9.17, 15) is 4.79 Å². The second-order valence-corrected chi connectivity index (χ2v) is 6.91. The molecule has 0 N–H and O–H groups in total. The van der Waals surface area contributed by atoms with Gasteiger partial charge in [0.05, 0.1) is 0 Å². The van der Waals surface area contributed by atoms with Crippen molar-refractivity contribution in [2.45, 2.75) is 29.1 Å². The van der Waals surface area contributed by atoms with E-state index in [-0.39, 0.29) is 18.6 Å². The van der Waals surface area contributed by atoms with Gasteiger partial charge in [-0.3, -0.25) is 9.69 Å². The quantitative estimate of drug-likeness (QED) is 0.577. The van der Waals surface area contributed by atoms with E-state index >= 15 is 0 Å². The zero-order chi connectivity index (χ0) is 11.8. The van der Waals surface area contributed by atoms with Gasteiger partial charge in [-0.05, 0) is 38.3 Å². The maximum absolute atomic E-state index is 11.9. The molecule has 0 aliphatic carbocycles. The van der Waals surface area contributed by atoms with E-state index in [2.05, 4.69) is 4.90 Å². The minimum atomic E-state index is -1.52. The molecule has 16 heavy (non-hydrogen) atoms. The highest BCUT2D eigenvalue weighted by Gasteiger charge is 2.42. The van der Waals surface area contributed by atoms with E-state index in [1.54, 1.807) is 0 Å². The first kappa shape index (κ1) is 12.7. The number of ether oxygens (including phenoxy) is 1. The third-order valence-corrected chi connectivity index (χ3v) is 3.59. The highest BCUT2D eigenvalue weighted by Crippen LogP contribution is 2.34. The lowest BCUT2D eigenvalue weighted by Gasteiger charge is -2.31. The van der Waals surface area contributed by atoms with Crippen molar-refractivity contribution in [1.29, 1.82) is 0 Å². The van der Waals surface area contributed by atoms with Gasteiger partial charge < -0.3 is 4.74 Å². The topological polar surface area (TPSA) is 29.5 Å². The molecule has 0 amide bonds. The number of piperidine rings is 1. The van der Waals surface area contributed by atoms with Crippen LogP contribution in [0.5, 0.6) is 0 Å². The van der Waals surface area contributed by atoms with E-state index in [4.69, 9.17) is 39.5 Å². The predicted molar refractivity (Wildman–Crippen MR) is 64.0 cm³/mol. The number of esters is 1. The molecule has 3 atom stereocenters. The van der Waals surface area contributed by atoms with Crippen molar-refractivity contribution < 1.29 is 9.53 Å². The van der Waals surface area contributed by atoms with Gasteiger partial charge >= 0.3 is 5.97 Å². The average molecular weight is 287 g/mol. The van der Waals surface area contributed by atoms with Crippen molar-refractivity contribution in [3.05, 3.63) is 0 Å². The average Bonchev–Trinajstić information content (AvgIpc) is 2.44. The molecule has 3 nitrogen and oxygen atoms in total. The van der Waals surface area contributed by atoms with E-state index < -0.39 is 3.79 Å². The van der Waals surface area contributed by atoms with Crippen molar-refractivity contribution in [3.63, 3.8) is 0 Å². The summed E-state index contributed by atoms with van der Waals surface area (Å²) in [6.07, 6.45) is 3.34. The van der Waals surface area contributed by atoms with Gasteiger partial charge in [-0.2, -0.15) is 0 Å². The molecule has 92 valence electrons. The van der Waals surface area contributed by atoms with Gasteiger partial charge in [0.1, 0.15) is 12.6 Å². The molecule has 0 aromatic heterocycles. The summed E-state index contributed by atoms with van der Waals surface area (Å²) in [7, 11) is 0. The molecule has 6 heteroatoms. The molecule has 2 aliphatic heterocycles. The molecule has 0 radical (unpaired) electrons. The minimum absolute atomic E-state index is 0.110. The zero-order valence-corrected chi connectivity index (χ0v) is 11.1. The summed E-state index contributed by atoms with van der Waals surface area (Å²) >= 11 is 16.6. The van der Waals surface area contributed by atoms with Crippen LogP contribution in [0.25, 0.3) is 0 Å². The standard InChI is InChI=1S/C10H14Cl3NO2/c11-10(12,13)6-16-9(15)8-7-2-1-4-14(8)5-3-7/h7-8H,1-6H2. The van der Waals surface area contributed by atoms with Crippen molar-refractivity contribution in [2.75, 3.05) is 19.7 Å². The number of nitrogens with zero attached hydrogens (tertiary/aromatic N) is 1. The third-order valence-electron chi connectivity index (χ3n) is 3.27. The summed E-state index contributed by atoms with van der Waals surface area (Å²) in [5, 5.41) is 0. The summed E-state index contributed by atoms with van der Waals surface area (Å²) in [5.41, 5.74) is 0. The Morgan fingerprint density at radius 3 is 2.69 bits per heavy atom. The zero-order valence-electron chi connectivity index (χ0n) is 8.79. The first-order chi connectivity index (χ1) is 7.47. The van der Waals surface area contributed by atoms with Crippen LogP contribution in [0.2, 0.25) is 0 Å². The van der Waals surface area contributed by atoms with Crippen LogP contribution < -0.4 is 0 Å². The molecule has 2 saturated heterocycles. The smallest absolute Gasteiger partial charge is 0.323 e. The van der Waals surface area contributed by atoms with Crippen molar-refractivity contribution >= 4 is 40.8 Å². The lowest BCUT2D eigenvalue weighted by Crippen LogP contribution is -2.44. The van der Waals surface area contributed by atoms with Gasteiger partial charge in [-0.25, -0.2) is 0 Å². The lowest BCUT2D eigenvalue weighted by atomic mass is 9.92. The van der Waals surface area contributed by atoms with Gasteiger partial charge in [0.15, 0.2) is 0 Å². The molecule has 2 aliphatic rings. The fraction of sp³-hybridized carbons (Fsp3) is 0.900. The highest BCUT2D eigenvalue weighted by molar-refractivity contribution is 6.67. The van der Waals surface area contributed by atoms with E-state index in [1.807, 2.05) is 0 Å². The second-order valence-electron chi connectivity index (χ2n) is 4.39. The van der Waals surface area contributed by atoms with Gasteiger partial charge in [0.25, 0.3) is 0 Å². The maximum Gasteiger partial charge on any atom is 0.323 e. The van der Waals surface area contributed by atoms with Crippen molar-refractivity contribution in [3.8, 4) is 0 Å². The molecule has 2 heterocycles. The Morgan fingerprint density at radius 2 is 2.06 bits per heavy atom. The van der Waals surface area contributed by atoms with E-state index in [0.29, 0.717) is 5.92 Å². The summed E-state index contributed by atoms with van der Waals surface area (Å²) in [6.45, 7) is 1.79. The number of alkyl halides is 3. The van der Waals surface area contributed by atoms with Crippen molar-refractivity contribution in [2.24, 2.45) is 5.92 Å². The molecule has 0 aromatic rings. The number of carbonyl (C=O) groups is 1. The van der Waals surface area contributed by atoms with Crippen LogP contribution in [-0.2, 0) is 9.53 Å². The van der Waals surface area contributed by atoms with Crippen LogP contribution >= 0.6 is 34.8 Å². The molecule has 0 aromatic carbocycles. The van der Waals surface area contributed by atoms with Crippen LogP contribution in [0, 0.1) is 5.92 Å². The van der Waals surface area contributed by atoms with Gasteiger partial charge in [0.2, 0.25) is 3.79 Å². The SMILES string of the molecule is O=C(OCC(Cl)(Cl)Cl)C1C2CCCN1CC2. The van der Waals surface area contributed by atoms with Crippen LogP contribution in [0.4, 0.5) is 0 Å². The Labute approximate surface area is 110 Å². The Balaban J connectivity index is 1.90. The Bertz CT molecular complexity index is 264. The van der Waals surface area contributed by atoms with Gasteiger partial charge in [0, 0.05) is 0 Å². The Morgan fingerprint density at radius 1 is 1.31 bits per heavy atom. The predicted octanol–water partition coefficient (Wildman–Crippen LogP) is 2.38. The van der Waals surface area contributed by atoms with Crippen LogP contribution in [0.3, 0.4) is 0 Å². The van der Waals surface area contributed by atoms with E-state index in [1.165, 1.54) is 6.42 Å². The molecule has 3 unspecified atom stereocenters. The number of fused-ring (bicyclic) bond motifs is 2. The largest absolute Gasteiger partial charge is 0.460 e. The van der Waals surface area contributed by atoms with Crippen LogP contribution in [-0.4, -0.2) is 40.4 Å². The van der Waals surface area contributed by atoms with Crippen LogP contribution in [0.15, 0.2) is 0 Å². The Hall–Kier alpha value is 0.300. The summed E-state index contributed by atoms with van der Waals surface area (Å²) < 4.78 is 3.54. The number of hydrogen-bond acceptors (Lipinski definition) is 3. The van der Waals surface area contributed by atoms with Crippen molar-refractivity contribution in [1.82, 2.24) is 4.90 Å². The fourth-order valence-electron chi connectivity index (χ4n) is 2.62. The Kier molecular flexibility index (Phi) is 3.89. The molecule has 2 bridgehead atoms. The molecule has 0 spiro atoms. The molecular weight excluding hydrogens is 272 g/mol. The third kappa shape index (κ3) is 2.95. The van der Waals surface area contributed by atoms with E-state index in [0.717, 1.165) is 25.9 Å². The molecule has 2 fully saturated rings. The maximum atomic E-state index is 11.9. The first-order valence-electron chi connectivity index (χ1n) is 5.45. The van der Waals surface area contributed by atoms with Gasteiger partial charge in [-0.1, -0.05) is 34.8 Å². The second kappa shape index (κ2) is 4.89. The minimum Gasteiger partial charge on any atom is -0.460 e. The van der Waals surface area contributed by atoms with Gasteiger partial charge in [-0.15, -0.1) is 0 Å². The highest BCUT2D eigenvalue weighted by atomic mass is 35.6. The monoisotopic (exact) mass is 285 g/mol. The summed E-state index contributed by atoms with van der Waals surface area (Å²) in [5.74, 6) is 0.185. The fourth-order valence-corrected chi connectivity index (χ4v) is 2.78. The summed E-state index contributed by atoms with van der Waals surface area (Å²) in [6, 6.07) is -0.110. The molecule has 2 rings (SSSR count). The summed E-state index contributed by atoms with van der Waals surface area (Å²) in [4.78, 5) is 14.0. The molecule has 0 saturated carbocycles. The lowest BCUT2D eigenvalue weighted by molar-refractivity contribution is -0.151. The van der Waals surface area contributed by atoms with Crippen LogP contribution in [0.1, 0.15) is 19.3 Å². The normalized spacial score (nSPS) is 33.8. The number of rotatable bonds is 2.